The molecule has 1 amide bonds. The molecule has 1 aliphatic rings. The molecule has 1 aliphatic heterocycles. The van der Waals surface area contributed by atoms with Crippen molar-refractivity contribution in [1.29, 1.82) is 0 Å². The van der Waals surface area contributed by atoms with Gasteiger partial charge in [-0.05, 0) is 24.6 Å². The van der Waals surface area contributed by atoms with Crippen molar-refractivity contribution < 1.29 is 9.53 Å². The Hall–Kier alpha value is -2.21. The summed E-state index contributed by atoms with van der Waals surface area (Å²) in [6.07, 6.45) is -0.0899. The van der Waals surface area contributed by atoms with E-state index in [-0.39, 0.29) is 12.0 Å². The number of nitrogens with zero attached hydrogens (tertiary/aromatic N) is 2. The Morgan fingerprint density at radius 1 is 1.19 bits per heavy atom. The molecule has 2 heterocycles. The van der Waals surface area contributed by atoms with Crippen LogP contribution in [0.25, 0.3) is 10.6 Å². The predicted molar refractivity (Wildman–Crippen MR) is 108 cm³/mol. The number of hydrogen-bond acceptors (Lipinski definition) is 4. The minimum absolute atomic E-state index is 0.0226. The molecular weight excluding hydrogens is 380 g/mol. The summed E-state index contributed by atoms with van der Waals surface area (Å²) in [7, 11) is 0. The lowest BCUT2D eigenvalue weighted by Gasteiger charge is -2.33. The van der Waals surface area contributed by atoms with E-state index in [9.17, 15) is 4.79 Å². The summed E-state index contributed by atoms with van der Waals surface area (Å²) < 4.78 is 5.88. The zero-order chi connectivity index (χ0) is 18.8. The van der Waals surface area contributed by atoms with E-state index >= 15 is 0 Å². The first kappa shape index (κ1) is 18.2. The van der Waals surface area contributed by atoms with Crippen molar-refractivity contribution in [3.63, 3.8) is 0 Å². The van der Waals surface area contributed by atoms with Gasteiger partial charge in [0, 0.05) is 17.1 Å². The van der Waals surface area contributed by atoms with Gasteiger partial charge in [-0.1, -0.05) is 54.1 Å². The highest BCUT2D eigenvalue weighted by atomic mass is 35.5. The molecule has 1 atom stereocenters. The van der Waals surface area contributed by atoms with Crippen molar-refractivity contribution in [3.8, 4) is 10.6 Å². The Bertz CT molecular complexity index is 941. The molecule has 0 bridgehead atoms. The maximum Gasteiger partial charge on any atom is 0.266 e. The molecule has 0 spiro atoms. The van der Waals surface area contributed by atoms with Gasteiger partial charge < -0.3 is 9.64 Å². The number of ether oxygens (including phenoxy) is 1. The lowest BCUT2D eigenvalue weighted by molar-refractivity contribution is -0.0226. The summed E-state index contributed by atoms with van der Waals surface area (Å²) >= 11 is 7.39. The molecule has 138 valence electrons. The van der Waals surface area contributed by atoms with Crippen LogP contribution in [0.4, 0.5) is 0 Å². The molecule has 1 unspecified atom stereocenters. The molecule has 0 N–H and O–H groups in total. The van der Waals surface area contributed by atoms with Crippen molar-refractivity contribution in [3.05, 3.63) is 75.8 Å². The smallest absolute Gasteiger partial charge is 0.266 e. The van der Waals surface area contributed by atoms with Crippen molar-refractivity contribution in [1.82, 2.24) is 9.88 Å². The van der Waals surface area contributed by atoms with Gasteiger partial charge in [-0.2, -0.15) is 0 Å². The molecule has 1 aromatic heterocycles. The maximum atomic E-state index is 13.1. The number of hydrogen-bond donors (Lipinski definition) is 0. The van der Waals surface area contributed by atoms with Gasteiger partial charge in [-0.25, -0.2) is 4.98 Å². The third-order valence-electron chi connectivity index (χ3n) is 4.61. The molecule has 2 aromatic carbocycles. The lowest BCUT2D eigenvalue weighted by atomic mass is 10.1. The van der Waals surface area contributed by atoms with Crippen LogP contribution in [0, 0.1) is 6.92 Å². The van der Waals surface area contributed by atoms with Crippen LogP contribution in [0.15, 0.2) is 54.6 Å². The minimum atomic E-state index is -0.0899. The molecule has 0 radical (unpaired) electrons. The molecule has 4 nitrogen and oxygen atoms in total. The Morgan fingerprint density at radius 2 is 1.93 bits per heavy atom. The standard InChI is InChI=1S/C21H19ClN2O2S/c1-14-19(27-20(23-14)16-7-9-17(22)10-8-16)21(25)24-11-12-26-18(13-24)15-5-3-2-4-6-15/h2-10,18H,11-13H2,1H3. The van der Waals surface area contributed by atoms with E-state index in [1.165, 1.54) is 11.3 Å². The van der Waals surface area contributed by atoms with Crippen molar-refractivity contribution in [2.24, 2.45) is 0 Å². The van der Waals surface area contributed by atoms with Gasteiger partial charge in [-0.15, -0.1) is 11.3 Å². The number of benzene rings is 2. The van der Waals surface area contributed by atoms with Gasteiger partial charge >= 0.3 is 0 Å². The second kappa shape index (κ2) is 7.80. The lowest BCUT2D eigenvalue weighted by Crippen LogP contribution is -2.42. The maximum absolute atomic E-state index is 13.1. The van der Waals surface area contributed by atoms with Crippen LogP contribution in [0.1, 0.15) is 27.0 Å². The predicted octanol–water partition coefficient (Wildman–Crippen LogP) is 4.99. The summed E-state index contributed by atoms with van der Waals surface area (Å²) in [6, 6.07) is 17.6. The highest BCUT2D eigenvalue weighted by Gasteiger charge is 2.28. The van der Waals surface area contributed by atoms with Crippen LogP contribution in [-0.4, -0.2) is 35.5 Å². The second-order valence-corrected chi connectivity index (χ2v) is 7.90. The first-order valence-electron chi connectivity index (χ1n) is 8.81. The summed E-state index contributed by atoms with van der Waals surface area (Å²) in [5, 5.41) is 1.52. The van der Waals surface area contributed by atoms with E-state index in [1.807, 2.05) is 66.4 Å². The molecule has 0 saturated carbocycles. The molecule has 4 rings (SSSR count). The Labute approximate surface area is 167 Å². The van der Waals surface area contributed by atoms with Gasteiger partial charge in [0.1, 0.15) is 16.0 Å². The number of carbonyl (C=O) groups excluding carboxylic acids is 1. The molecule has 6 heteroatoms. The topological polar surface area (TPSA) is 42.4 Å². The number of thiazole rings is 1. The molecular formula is C21H19ClN2O2S. The fourth-order valence-electron chi connectivity index (χ4n) is 3.16. The molecule has 1 fully saturated rings. The molecule has 1 saturated heterocycles. The van der Waals surface area contributed by atoms with Crippen molar-refractivity contribution >= 4 is 28.8 Å². The largest absolute Gasteiger partial charge is 0.370 e. The molecule has 3 aromatic rings. The number of carbonyl (C=O) groups is 1. The summed E-state index contributed by atoms with van der Waals surface area (Å²) in [4.78, 5) is 20.3. The summed E-state index contributed by atoms with van der Waals surface area (Å²) in [6.45, 7) is 3.57. The zero-order valence-corrected chi connectivity index (χ0v) is 16.5. The van der Waals surface area contributed by atoms with Crippen LogP contribution in [0.3, 0.4) is 0 Å². The average Bonchev–Trinajstić information content (AvgIpc) is 3.10. The first-order chi connectivity index (χ1) is 13.1. The highest BCUT2D eigenvalue weighted by molar-refractivity contribution is 7.17. The van der Waals surface area contributed by atoms with Crippen LogP contribution < -0.4 is 0 Å². The SMILES string of the molecule is Cc1nc(-c2ccc(Cl)cc2)sc1C(=O)N1CCOC(c2ccccc2)C1. The van der Waals surface area contributed by atoms with Gasteiger partial charge in [0.05, 0.1) is 18.8 Å². The third kappa shape index (κ3) is 3.90. The number of halogens is 1. The minimum Gasteiger partial charge on any atom is -0.370 e. The monoisotopic (exact) mass is 398 g/mol. The van der Waals surface area contributed by atoms with E-state index in [0.717, 1.165) is 21.8 Å². The van der Waals surface area contributed by atoms with Gasteiger partial charge in [0.15, 0.2) is 0 Å². The fourth-order valence-corrected chi connectivity index (χ4v) is 4.32. The molecule has 27 heavy (non-hydrogen) atoms. The quantitative estimate of drug-likeness (QED) is 0.624. The third-order valence-corrected chi connectivity index (χ3v) is 6.05. The number of aromatic nitrogens is 1. The second-order valence-electron chi connectivity index (χ2n) is 6.46. The van der Waals surface area contributed by atoms with Crippen LogP contribution in [0.2, 0.25) is 5.02 Å². The van der Waals surface area contributed by atoms with Crippen LogP contribution in [0.5, 0.6) is 0 Å². The summed E-state index contributed by atoms with van der Waals surface area (Å²) in [5.41, 5.74) is 2.83. The van der Waals surface area contributed by atoms with Gasteiger partial charge in [0.2, 0.25) is 0 Å². The van der Waals surface area contributed by atoms with Gasteiger partial charge in [0.25, 0.3) is 5.91 Å². The van der Waals surface area contributed by atoms with Crippen molar-refractivity contribution in [2.75, 3.05) is 19.7 Å². The fraction of sp³-hybridized carbons (Fsp3) is 0.238. The van der Waals surface area contributed by atoms with Gasteiger partial charge in [-0.3, -0.25) is 4.79 Å². The number of rotatable bonds is 3. The number of aryl methyl sites for hydroxylation is 1. The van der Waals surface area contributed by atoms with E-state index in [1.54, 1.807) is 0 Å². The van der Waals surface area contributed by atoms with E-state index < -0.39 is 0 Å². The van der Waals surface area contributed by atoms with E-state index in [0.29, 0.717) is 29.6 Å². The Morgan fingerprint density at radius 3 is 2.67 bits per heavy atom. The highest BCUT2D eigenvalue weighted by Crippen LogP contribution is 2.31. The normalized spacial score (nSPS) is 17.1. The molecule has 0 aliphatic carbocycles. The Balaban J connectivity index is 1.55. The first-order valence-corrected chi connectivity index (χ1v) is 10.0. The summed E-state index contributed by atoms with van der Waals surface area (Å²) in [5.74, 6) is 0.0226. The van der Waals surface area contributed by atoms with Crippen molar-refractivity contribution in [2.45, 2.75) is 13.0 Å². The van der Waals surface area contributed by atoms with E-state index in [2.05, 4.69) is 4.98 Å². The van der Waals surface area contributed by atoms with E-state index in [4.69, 9.17) is 16.3 Å². The van der Waals surface area contributed by atoms with Crippen LogP contribution in [-0.2, 0) is 4.74 Å². The average molecular weight is 399 g/mol. The van der Waals surface area contributed by atoms with Crippen LogP contribution >= 0.6 is 22.9 Å². The number of morpholine rings is 1. The number of amides is 1. The Kier molecular flexibility index (Phi) is 5.25. The zero-order valence-electron chi connectivity index (χ0n) is 14.9.